The monoisotopic (exact) mass is 456 g/mol. The van der Waals surface area contributed by atoms with Gasteiger partial charge in [-0.3, -0.25) is 9.69 Å². The number of Topliss-reactive ketones (excluding diaryl/α,β-unsaturated/α-hetero) is 1. The van der Waals surface area contributed by atoms with E-state index < -0.39 is 12.0 Å². The normalized spacial score (nSPS) is 20.4. The summed E-state index contributed by atoms with van der Waals surface area (Å²) in [5.41, 5.74) is 2.77. The van der Waals surface area contributed by atoms with Gasteiger partial charge in [0.05, 0.1) is 0 Å². The smallest absolute Gasteiger partial charge is 0.176 e. The fourth-order valence-electron chi connectivity index (χ4n) is 4.55. The summed E-state index contributed by atoms with van der Waals surface area (Å²) >= 11 is 0. The molecule has 0 radical (unpaired) electrons. The first-order valence-electron chi connectivity index (χ1n) is 11.8. The van der Waals surface area contributed by atoms with Crippen molar-refractivity contribution < 1.29 is 19.5 Å². The summed E-state index contributed by atoms with van der Waals surface area (Å²) in [4.78, 5) is 21.8. The Bertz CT molecular complexity index is 1140. The lowest BCUT2D eigenvalue weighted by molar-refractivity contribution is 0.0533. The van der Waals surface area contributed by atoms with Crippen LogP contribution in [0.4, 0.5) is 0 Å². The van der Waals surface area contributed by atoms with Crippen LogP contribution in [0.1, 0.15) is 46.9 Å². The predicted molar refractivity (Wildman–Crippen MR) is 130 cm³/mol. The number of hydrogen-bond donors (Lipinski definition) is 1. The van der Waals surface area contributed by atoms with Crippen molar-refractivity contribution in [3.63, 3.8) is 0 Å². The van der Waals surface area contributed by atoms with Gasteiger partial charge in [-0.1, -0.05) is 41.9 Å². The molecule has 0 bridgehead atoms. The standard InChI is InChI=1S/C28H28N2O4/c31-23-13-9-20(10-14-23)26-25(28(34-29-26)22-7-3-1-4-8-22)27(32)21-11-15-24(16-12-21)33-19-30-17-5-2-6-18-30/h1,3-4,7-16,25,28,31H,2,5-6,17-19H2/t25-,28-/m1/s1. The van der Waals surface area contributed by atoms with Crippen LogP contribution < -0.4 is 4.74 Å². The third-order valence-corrected chi connectivity index (χ3v) is 6.44. The quantitative estimate of drug-likeness (QED) is 0.496. The molecule has 3 aromatic carbocycles. The SMILES string of the molecule is O=C(c1ccc(OCN2CCCCC2)cc1)[C@H]1C(c2ccc(O)cc2)=NO[C@@H]1c1ccccc1. The van der Waals surface area contributed by atoms with Gasteiger partial charge in [-0.2, -0.15) is 0 Å². The van der Waals surface area contributed by atoms with E-state index >= 15 is 0 Å². The summed E-state index contributed by atoms with van der Waals surface area (Å²) < 4.78 is 5.94. The van der Waals surface area contributed by atoms with Crippen molar-refractivity contribution in [2.45, 2.75) is 25.4 Å². The van der Waals surface area contributed by atoms with Gasteiger partial charge in [-0.25, -0.2) is 0 Å². The van der Waals surface area contributed by atoms with Gasteiger partial charge in [0.1, 0.15) is 29.9 Å². The third kappa shape index (κ3) is 4.82. The Morgan fingerprint density at radius 3 is 2.35 bits per heavy atom. The van der Waals surface area contributed by atoms with Crippen molar-refractivity contribution in [2.75, 3.05) is 19.8 Å². The molecule has 0 spiro atoms. The first-order chi connectivity index (χ1) is 16.7. The van der Waals surface area contributed by atoms with Gasteiger partial charge in [-0.05, 0) is 66.9 Å². The maximum Gasteiger partial charge on any atom is 0.176 e. The molecule has 3 aromatic rings. The van der Waals surface area contributed by atoms with Crippen LogP contribution in [0.5, 0.6) is 11.5 Å². The van der Waals surface area contributed by atoms with E-state index in [0.717, 1.165) is 30.0 Å². The van der Waals surface area contributed by atoms with Gasteiger partial charge in [0.15, 0.2) is 11.9 Å². The van der Waals surface area contributed by atoms with E-state index in [-0.39, 0.29) is 11.5 Å². The molecule has 6 heteroatoms. The van der Waals surface area contributed by atoms with E-state index in [0.29, 0.717) is 18.0 Å². The molecule has 2 atom stereocenters. The van der Waals surface area contributed by atoms with Gasteiger partial charge < -0.3 is 14.7 Å². The van der Waals surface area contributed by atoms with E-state index in [9.17, 15) is 9.90 Å². The summed E-state index contributed by atoms with van der Waals surface area (Å²) in [6.45, 7) is 2.70. The molecule has 6 nitrogen and oxygen atoms in total. The minimum Gasteiger partial charge on any atom is -0.508 e. The molecular weight excluding hydrogens is 428 g/mol. The van der Waals surface area contributed by atoms with Crippen molar-refractivity contribution >= 4 is 11.5 Å². The lowest BCUT2D eigenvalue weighted by Gasteiger charge is -2.26. The highest BCUT2D eigenvalue weighted by molar-refractivity contribution is 6.19. The number of nitrogens with zero attached hydrogens (tertiary/aromatic N) is 2. The van der Waals surface area contributed by atoms with Crippen LogP contribution in [0.15, 0.2) is 84.0 Å². The maximum absolute atomic E-state index is 13.7. The molecular formula is C28H28N2O4. The minimum atomic E-state index is -0.605. The number of carbonyl (C=O) groups is 1. The van der Waals surface area contributed by atoms with Crippen LogP contribution in [0.2, 0.25) is 0 Å². The summed E-state index contributed by atoms with van der Waals surface area (Å²) in [5, 5.41) is 14.0. The molecule has 2 aliphatic rings. The fourth-order valence-corrected chi connectivity index (χ4v) is 4.55. The highest BCUT2D eigenvalue weighted by Gasteiger charge is 2.41. The Hall–Kier alpha value is -3.64. The van der Waals surface area contributed by atoms with E-state index in [2.05, 4.69) is 10.1 Å². The van der Waals surface area contributed by atoms with Gasteiger partial charge in [-0.15, -0.1) is 0 Å². The minimum absolute atomic E-state index is 0.0687. The average Bonchev–Trinajstić information content (AvgIpc) is 3.34. The number of ether oxygens (including phenoxy) is 1. The second kappa shape index (κ2) is 10.1. The Labute approximate surface area is 199 Å². The number of piperidine rings is 1. The largest absolute Gasteiger partial charge is 0.508 e. The fraction of sp³-hybridized carbons (Fsp3) is 0.286. The third-order valence-electron chi connectivity index (χ3n) is 6.44. The Balaban J connectivity index is 1.37. The number of likely N-dealkylation sites (tertiary alicyclic amines) is 1. The molecule has 1 fully saturated rings. The molecule has 1 N–H and O–H groups in total. The van der Waals surface area contributed by atoms with E-state index in [1.54, 1.807) is 24.3 Å². The van der Waals surface area contributed by atoms with Crippen molar-refractivity contribution in [3.05, 3.63) is 95.6 Å². The number of phenols is 1. The number of phenolic OH excluding ortho intramolecular Hbond substituents is 1. The average molecular weight is 457 g/mol. The number of ketones is 1. The molecule has 174 valence electrons. The zero-order chi connectivity index (χ0) is 23.3. The predicted octanol–water partition coefficient (Wildman–Crippen LogP) is 5.19. The highest BCUT2D eigenvalue weighted by atomic mass is 16.6. The summed E-state index contributed by atoms with van der Waals surface area (Å²) in [5.74, 6) is 0.232. The number of aromatic hydroxyl groups is 1. The molecule has 2 aliphatic heterocycles. The highest BCUT2D eigenvalue weighted by Crippen LogP contribution is 2.37. The van der Waals surface area contributed by atoms with Crippen LogP contribution in [0.25, 0.3) is 0 Å². The van der Waals surface area contributed by atoms with Crippen molar-refractivity contribution in [3.8, 4) is 11.5 Å². The molecule has 0 aliphatic carbocycles. The van der Waals surface area contributed by atoms with Gasteiger partial charge >= 0.3 is 0 Å². The van der Waals surface area contributed by atoms with Gasteiger partial charge in [0.2, 0.25) is 0 Å². The zero-order valence-corrected chi connectivity index (χ0v) is 19.0. The molecule has 2 heterocycles. The molecule has 0 unspecified atom stereocenters. The van der Waals surface area contributed by atoms with E-state index in [1.165, 1.54) is 19.3 Å². The Morgan fingerprint density at radius 2 is 1.65 bits per heavy atom. The Morgan fingerprint density at radius 1 is 0.941 bits per heavy atom. The lowest BCUT2D eigenvalue weighted by Crippen LogP contribution is -2.33. The molecule has 34 heavy (non-hydrogen) atoms. The summed E-state index contributed by atoms with van der Waals surface area (Å²) in [7, 11) is 0. The molecule has 5 rings (SSSR count). The Kier molecular flexibility index (Phi) is 6.58. The number of hydrogen-bond acceptors (Lipinski definition) is 6. The number of rotatable bonds is 7. The van der Waals surface area contributed by atoms with Crippen molar-refractivity contribution in [1.82, 2.24) is 4.90 Å². The van der Waals surface area contributed by atoms with Gasteiger partial charge in [0.25, 0.3) is 0 Å². The molecule has 1 saturated heterocycles. The molecule has 0 aromatic heterocycles. The summed E-state index contributed by atoms with van der Waals surface area (Å²) in [6, 6.07) is 23.7. The topological polar surface area (TPSA) is 71.4 Å². The van der Waals surface area contributed by atoms with Crippen molar-refractivity contribution in [2.24, 2.45) is 11.1 Å². The maximum atomic E-state index is 13.7. The van der Waals surface area contributed by atoms with Crippen LogP contribution in [0.3, 0.4) is 0 Å². The van der Waals surface area contributed by atoms with Crippen molar-refractivity contribution in [1.29, 1.82) is 0 Å². The first-order valence-corrected chi connectivity index (χ1v) is 11.8. The van der Waals surface area contributed by atoms with Crippen LogP contribution >= 0.6 is 0 Å². The van der Waals surface area contributed by atoms with Crippen LogP contribution in [-0.2, 0) is 4.84 Å². The first kappa shape index (κ1) is 22.2. The van der Waals surface area contributed by atoms with E-state index in [1.807, 2.05) is 54.6 Å². The zero-order valence-electron chi connectivity index (χ0n) is 19.0. The molecule has 0 saturated carbocycles. The van der Waals surface area contributed by atoms with Gasteiger partial charge in [0, 0.05) is 24.2 Å². The second-order valence-corrected chi connectivity index (χ2v) is 8.78. The lowest BCUT2D eigenvalue weighted by atomic mass is 9.83. The van der Waals surface area contributed by atoms with E-state index in [4.69, 9.17) is 9.57 Å². The van der Waals surface area contributed by atoms with Crippen LogP contribution in [-0.4, -0.2) is 41.3 Å². The summed E-state index contributed by atoms with van der Waals surface area (Å²) in [6.07, 6.45) is 3.20. The second-order valence-electron chi connectivity index (χ2n) is 8.78. The van der Waals surface area contributed by atoms with Crippen LogP contribution in [0, 0.1) is 5.92 Å². The number of carbonyl (C=O) groups excluding carboxylic acids is 1. The number of benzene rings is 3. The number of oxime groups is 1. The molecule has 0 amide bonds.